The summed E-state index contributed by atoms with van der Waals surface area (Å²) in [4.78, 5) is 0. The van der Waals surface area contributed by atoms with Gasteiger partial charge >= 0.3 is 0 Å². The second kappa shape index (κ2) is 6.66. The van der Waals surface area contributed by atoms with Gasteiger partial charge in [0, 0.05) is 0 Å². The van der Waals surface area contributed by atoms with E-state index in [0.717, 1.165) is 19.6 Å². The SMILES string of the molecule is [CH](CCCCc1ccccc1)OCC1CO1. The fraction of sp³-hybridized carbons (Fsp3) is 0.500. The lowest BCUT2D eigenvalue weighted by Crippen LogP contribution is -1.98. The Morgan fingerprint density at radius 3 is 2.81 bits per heavy atom. The highest BCUT2D eigenvalue weighted by Gasteiger charge is 2.21. The molecule has 0 N–H and O–H groups in total. The summed E-state index contributed by atoms with van der Waals surface area (Å²) in [6.07, 6.45) is 5.00. The summed E-state index contributed by atoms with van der Waals surface area (Å²) in [7, 11) is 0. The van der Waals surface area contributed by atoms with Gasteiger partial charge in [-0.05, 0) is 24.8 Å². The third kappa shape index (κ3) is 4.77. The molecule has 1 fully saturated rings. The molecule has 0 spiro atoms. The maximum absolute atomic E-state index is 5.36. The van der Waals surface area contributed by atoms with E-state index in [-0.39, 0.29) is 0 Å². The minimum Gasteiger partial charge on any atom is -0.373 e. The van der Waals surface area contributed by atoms with Crippen molar-refractivity contribution in [1.29, 1.82) is 0 Å². The van der Waals surface area contributed by atoms with Gasteiger partial charge < -0.3 is 9.47 Å². The van der Waals surface area contributed by atoms with Crippen molar-refractivity contribution in [2.24, 2.45) is 0 Å². The Morgan fingerprint density at radius 1 is 1.25 bits per heavy atom. The molecule has 2 rings (SSSR count). The first-order valence-corrected chi connectivity index (χ1v) is 6.04. The van der Waals surface area contributed by atoms with Crippen LogP contribution in [0.25, 0.3) is 0 Å². The lowest BCUT2D eigenvalue weighted by atomic mass is 10.1. The molecule has 0 saturated carbocycles. The van der Waals surface area contributed by atoms with Crippen LogP contribution in [-0.4, -0.2) is 19.3 Å². The molecular formula is C14H19O2. The zero-order chi connectivity index (χ0) is 11.1. The largest absolute Gasteiger partial charge is 0.373 e. The summed E-state index contributed by atoms with van der Waals surface area (Å²) in [5, 5.41) is 0. The van der Waals surface area contributed by atoms with Crippen LogP contribution in [-0.2, 0) is 15.9 Å². The highest BCUT2D eigenvalue weighted by Crippen LogP contribution is 2.11. The van der Waals surface area contributed by atoms with E-state index in [2.05, 4.69) is 30.3 Å². The van der Waals surface area contributed by atoms with Crippen LogP contribution in [0.2, 0.25) is 0 Å². The van der Waals surface area contributed by atoms with Gasteiger partial charge in [-0.1, -0.05) is 36.8 Å². The van der Waals surface area contributed by atoms with Gasteiger partial charge in [0.2, 0.25) is 0 Å². The minimum absolute atomic E-state index is 0.376. The minimum atomic E-state index is 0.376. The normalized spacial score (nSPS) is 18.6. The molecule has 2 heteroatoms. The maximum Gasteiger partial charge on any atom is 0.104 e. The average Bonchev–Trinajstić information content (AvgIpc) is 3.13. The van der Waals surface area contributed by atoms with Gasteiger partial charge in [-0.25, -0.2) is 0 Å². The Morgan fingerprint density at radius 2 is 2.06 bits per heavy atom. The second-order valence-corrected chi connectivity index (χ2v) is 4.19. The molecule has 0 aromatic heterocycles. The summed E-state index contributed by atoms with van der Waals surface area (Å²) < 4.78 is 10.4. The van der Waals surface area contributed by atoms with Crippen molar-refractivity contribution >= 4 is 0 Å². The van der Waals surface area contributed by atoms with Gasteiger partial charge in [0.15, 0.2) is 0 Å². The lowest BCUT2D eigenvalue weighted by Gasteiger charge is -2.02. The van der Waals surface area contributed by atoms with Gasteiger partial charge in [0.05, 0.1) is 19.8 Å². The molecule has 87 valence electrons. The molecule has 1 unspecified atom stereocenters. The zero-order valence-corrected chi connectivity index (χ0v) is 9.60. The molecule has 16 heavy (non-hydrogen) atoms. The molecule has 1 saturated heterocycles. The fourth-order valence-corrected chi connectivity index (χ4v) is 1.62. The molecule has 1 aliphatic rings. The lowest BCUT2D eigenvalue weighted by molar-refractivity contribution is 0.165. The number of unbranched alkanes of at least 4 members (excludes halogenated alkanes) is 2. The maximum atomic E-state index is 5.36. The Kier molecular flexibility index (Phi) is 4.84. The van der Waals surface area contributed by atoms with Crippen molar-refractivity contribution < 1.29 is 9.47 Å². The number of aryl methyl sites for hydroxylation is 1. The molecule has 1 heterocycles. The van der Waals surface area contributed by atoms with Gasteiger partial charge in [0.1, 0.15) is 6.10 Å². The van der Waals surface area contributed by atoms with E-state index in [4.69, 9.17) is 9.47 Å². The van der Waals surface area contributed by atoms with Crippen LogP contribution in [0, 0.1) is 6.61 Å². The molecule has 1 radical (unpaired) electrons. The third-order valence-corrected chi connectivity index (χ3v) is 2.68. The Labute approximate surface area is 97.6 Å². The van der Waals surface area contributed by atoms with Gasteiger partial charge in [-0.2, -0.15) is 0 Å². The molecule has 1 atom stereocenters. The molecule has 2 nitrogen and oxygen atoms in total. The second-order valence-electron chi connectivity index (χ2n) is 4.19. The molecular weight excluding hydrogens is 200 g/mol. The molecule has 1 aromatic carbocycles. The van der Waals surface area contributed by atoms with E-state index >= 15 is 0 Å². The quantitative estimate of drug-likeness (QED) is 0.495. The van der Waals surface area contributed by atoms with Crippen molar-refractivity contribution in [3.63, 3.8) is 0 Å². The Balaban J connectivity index is 1.42. The van der Waals surface area contributed by atoms with E-state index in [1.807, 2.05) is 6.61 Å². The number of epoxide rings is 1. The van der Waals surface area contributed by atoms with Crippen molar-refractivity contribution in [1.82, 2.24) is 0 Å². The van der Waals surface area contributed by atoms with Crippen LogP contribution in [0.4, 0.5) is 0 Å². The van der Waals surface area contributed by atoms with Crippen LogP contribution in [0.15, 0.2) is 30.3 Å². The number of benzene rings is 1. The van der Waals surface area contributed by atoms with Gasteiger partial charge in [-0.3, -0.25) is 0 Å². The van der Waals surface area contributed by atoms with Crippen LogP contribution < -0.4 is 0 Å². The summed E-state index contributed by atoms with van der Waals surface area (Å²) in [6.45, 7) is 3.53. The topological polar surface area (TPSA) is 21.8 Å². The molecule has 0 bridgehead atoms. The van der Waals surface area contributed by atoms with Crippen molar-refractivity contribution in [3.8, 4) is 0 Å². The van der Waals surface area contributed by atoms with Crippen molar-refractivity contribution in [2.75, 3.05) is 13.2 Å². The highest BCUT2D eigenvalue weighted by molar-refractivity contribution is 5.14. The first-order valence-electron chi connectivity index (χ1n) is 6.04. The van der Waals surface area contributed by atoms with E-state index in [1.165, 1.54) is 24.8 Å². The van der Waals surface area contributed by atoms with Gasteiger partial charge in [0.25, 0.3) is 0 Å². The van der Waals surface area contributed by atoms with Crippen LogP contribution in [0.5, 0.6) is 0 Å². The first kappa shape index (κ1) is 11.6. The highest BCUT2D eigenvalue weighted by atomic mass is 16.6. The summed E-state index contributed by atoms with van der Waals surface area (Å²) in [5.41, 5.74) is 1.43. The van der Waals surface area contributed by atoms with Crippen LogP contribution in [0.1, 0.15) is 24.8 Å². The number of ether oxygens (including phenoxy) is 2. The molecule has 1 aromatic rings. The number of hydrogen-bond donors (Lipinski definition) is 0. The van der Waals surface area contributed by atoms with Crippen LogP contribution in [0.3, 0.4) is 0 Å². The first-order chi connectivity index (χ1) is 7.95. The Bertz CT molecular complexity index is 280. The van der Waals surface area contributed by atoms with Crippen molar-refractivity contribution in [3.05, 3.63) is 42.5 Å². The summed E-state index contributed by atoms with van der Waals surface area (Å²) in [5.74, 6) is 0. The smallest absolute Gasteiger partial charge is 0.104 e. The Hall–Kier alpha value is -0.860. The average molecular weight is 219 g/mol. The van der Waals surface area contributed by atoms with Crippen LogP contribution >= 0.6 is 0 Å². The predicted molar refractivity (Wildman–Crippen MR) is 64.0 cm³/mol. The van der Waals surface area contributed by atoms with E-state index in [9.17, 15) is 0 Å². The van der Waals surface area contributed by atoms with Gasteiger partial charge in [-0.15, -0.1) is 0 Å². The number of hydrogen-bond acceptors (Lipinski definition) is 2. The molecule has 0 amide bonds. The molecule has 0 aliphatic carbocycles. The fourth-order valence-electron chi connectivity index (χ4n) is 1.62. The van der Waals surface area contributed by atoms with E-state index < -0.39 is 0 Å². The standard InChI is InChI=1S/C14H19O2/c1-3-7-13(8-4-1)9-5-2-6-10-15-11-14-12-16-14/h1,3-4,7-8,10,14H,2,5-6,9,11-12H2. The molecule has 1 aliphatic heterocycles. The zero-order valence-electron chi connectivity index (χ0n) is 9.60. The third-order valence-electron chi connectivity index (χ3n) is 2.68. The number of rotatable bonds is 8. The summed E-state index contributed by atoms with van der Waals surface area (Å²) >= 11 is 0. The van der Waals surface area contributed by atoms with E-state index in [0.29, 0.717) is 6.10 Å². The van der Waals surface area contributed by atoms with Crippen molar-refractivity contribution in [2.45, 2.75) is 31.8 Å². The monoisotopic (exact) mass is 219 g/mol. The van der Waals surface area contributed by atoms with E-state index in [1.54, 1.807) is 0 Å². The summed E-state index contributed by atoms with van der Waals surface area (Å²) in [6, 6.07) is 10.6. The predicted octanol–water partition coefficient (Wildman–Crippen LogP) is 2.98.